The lowest BCUT2D eigenvalue weighted by Gasteiger charge is -2.43. The largest absolute Gasteiger partial charge is 0.338 e. The van der Waals surface area contributed by atoms with Crippen LogP contribution in [0, 0.1) is 0 Å². The summed E-state index contributed by atoms with van der Waals surface area (Å²) in [7, 11) is 0. The molecule has 2 fully saturated rings. The molecule has 2 atom stereocenters. The van der Waals surface area contributed by atoms with Crippen molar-refractivity contribution in [3.05, 3.63) is 18.5 Å². The standard InChI is InChI=1S/C14H23N5/c15-12-4-1-2-5-13(12)18-8-10-19(11-9-18)14-16-6-3-7-17-14/h3,6-7,12-13H,1-2,4-5,8-11,15H2. The second-order valence-electron chi connectivity index (χ2n) is 5.59. The van der Waals surface area contributed by atoms with Gasteiger partial charge in [0.1, 0.15) is 0 Å². The number of rotatable bonds is 2. The van der Waals surface area contributed by atoms with E-state index in [-0.39, 0.29) is 0 Å². The van der Waals surface area contributed by atoms with E-state index in [1.165, 1.54) is 25.7 Å². The summed E-state index contributed by atoms with van der Waals surface area (Å²) in [5, 5.41) is 0. The number of aromatic nitrogens is 2. The van der Waals surface area contributed by atoms with Crippen molar-refractivity contribution < 1.29 is 0 Å². The van der Waals surface area contributed by atoms with Gasteiger partial charge in [0.25, 0.3) is 0 Å². The predicted octanol–water partition coefficient (Wildman–Crippen LogP) is 0.868. The number of piperazine rings is 1. The van der Waals surface area contributed by atoms with Crippen molar-refractivity contribution in [2.45, 2.75) is 37.8 Å². The Balaban J connectivity index is 1.57. The number of nitrogens with two attached hydrogens (primary N) is 1. The maximum absolute atomic E-state index is 6.28. The highest BCUT2D eigenvalue weighted by Gasteiger charge is 2.30. The summed E-state index contributed by atoms with van der Waals surface area (Å²) in [6.45, 7) is 4.17. The Labute approximate surface area is 114 Å². The third kappa shape index (κ3) is 2.87. The van der Waals surface area contributed by atoms with Gasteiger partial charge in [-0.3, -0.25) is 4.90 Å². The summed E-state index contributed by atoms with van der Waals surface area (Å²) >= 11 is 0. The van der Waals surface area contributed by atoms with Gasteiger partial charge in [-0.15, -0.1) is 0 Å². The molecule has 5 heteroatoms. The van der Waals surface area contributed by atoms with Crippen LogP contribution >= 0.6 is 0 Å². The highest BCUT2D eigenvalue weighted by Crippen LogP contribution is 2.23. The van der Waals surface area contributed by atoms with Crippen LogP contribution in [0.3, 0.4) is 0 Å². The molecule has 2 N–H and O–H groups in total. The molecule has 1 saturated carbocycles. The summed E-state index contributed by atoms with van der Waals surface area (Å²) in [6, 6.07) is 2.82. The summed E-state index contributed by atoms with van der Waals surface area (Å²) in [5.41, 5.74) is 6.28. The highest BCUT2D eigenvalue weighted by atomic mass is 15.3. The molecular weight excluding hydrogens is 238 g/mol. The van der Waals surface area contributed by atoms with Crippen LogP contribution in [0.4, 0.5) is 5.95 Å². The third-order valence-corrected chi connectivity index (χ3v) is 4.40. The minimum Gasteiger partial charge on any atom is -0.338 e. The molecule has 1 aliphatic carbocycles. The first-order valence-corrected chi connectivity index (χ1v) is 7.36. The molecule has 1 saturated heterocycles. The molecule has 0 amide bonds. The Kier molecular flexibility index (Phi) is 3.94. The average Bonchev–Trinajstić information content (AvgIpc) is 2.49. The van der Waals surface area contributed by atoms with E-state index in [1.54, 1.807) is 0 Å². The second kappa shape index (κ2) is 5.84. The molecule has 2 aliphatic rings. The SMILES string of the molecule is NC1CCCCC1N1CCN(c2ncccn2)CC1. The van der Waals surface area contributed by atoms with Gasteiger partial charge in [-0.25, -0.2) is 9.97 Å². The van der Waals surface area contributed by atoms with Crippen molar-refractivity contribution in [1.82, 2.24) is 14.9 Å². The van der Waals surface area contributed by atoms with Gasteiger partial charge < -0.3 is 10.6 Å². The fourth-order valence-corrected chi connectivity index (χ4v) is 3.30. The monoisotopic (exact) mass is 261 g/mol. The Hall–Kier alpha value is -1.20. The molecule has 1 aromatic rings. The van der Waals surface area contributed by atoms with Crippen LogP contribution < -0.4 is 10.6 Å². The zero-order valence-corrected chi connectivity index (χ0v) is 11.4. The molecule has 2 unspecified atom stereocenters. The normalized spacial score (nSPS) is 29.4. The minimum absolute atomic E-state index is 0.369. The molecule has 3 rings (SSSR count). The number of hydrogen-bond donors (Lipinski definition) is 1. The Morgan fingerprint density at radius 3 is 2.37 bits per heavy atom. The van der Waals surface area contributed by atoms with E-state index in [0.717, 1.165) is 32.1 Å². The van der Waals surface area contributed by atoms with Crippen molar-refractivity contribution in [2.75, 3.05) is 31.1 Å². The van der Waals surface area contributed by atoms with Gasteiger partial charge in [-0.2, -0.15) is 0 Å². The lowest BCUT2D eigenvalue weighted by Crippen LogP contribution is -2.56. The van der Waals surface area contributed by atoms with Crippen molar-refractivity contribution in [3.63, 3.8) is 0 Å². The Bertz CT molecular complexity index is 388. The van der Waals surface area contributed by atoms with Crippen LogP contribution in [-0.4, -0.2) is 53.1 Å². The quantitative estimate of drug-likeness (QED) is 0.856. The molecule has 2 heterocycles. The first-order valence-electron chi connectivity index (χ1n) is 7.36. The number of anilines is 1. The van der Waals surface area contributed by atoms with Gasteiger partial charge in [0.05, 0.1) is 0 Å². The molecule has 0 aromatic carbocycles. The van der Waals surface area contributed by atoms with Crippen LogP contribution in [0.1, 0.15) is 25.7 Å². The first kappa shape index (κ1) is 12.8. The van der Waals surface area contributed by atoms with Crippen LogP contribution in [0.5, 0.6) is 0 Å². The third-order valence-electron chi connectivity index (χ3n) is 4.40. The predicted molar refractivity (Wildman–Crippen MR) is 76.0 cm³/mol. The fourth-order valence-electron chi connectivity index (χ4n) is 3.30. The topological polar surface area (TPSA) is 58.3 Å². The van der Waals surface area contributed by atoms with Gasteiger partial charge in [-0.1, -0.05) is 12.8 Å². The molecule has 5 nitrogen and oxygen atoms in total. The molecule has 19 heavy (non-hydrogen) atoms. The van der Waals surface area contributed by atoms with Gasteiger partial charge in [0, 0.05) is 50.7 Å². The zero-order valence-electron chi connectivity index (χ0n) is 11.4. The van der Waals surface area contributed by atoms with Gasteiger partial charge in [0.2, 0.25) is 5.95 Å². The number of nitrogens with zero attached hydrogens (tertiary/aromatic N) is 4. The summed E-state index contributed by atoms with van der Waals surface area (Å²) < 4.78 is 0. The lowest BCUT2D eigenvalue weighted by molar-refractivity contribution is 0.130. The lowest BCUT2D eigenvalue weighted by atomic mass is 9.89. The maximum Gasteiger partial charge on any atom is 0.225 e. The molecule has 1 aliphatic heterocycles. The van der Waals surface area contributed by atoms with Crippen LogP contribution in [0.25, 0.3) is 0 Å². The van der Waals surface area contributed by atoms with Crippen molar-refractivity contribution in [2.24, 2.45) is 5.73 Å². The summed E-state index contributed by atoms with van der Waals surface area (Å²) in [4.78, 5) is 13.5. The summed E-state index contributed by atoms with van der Waals surface area (Å²) in [6.07, 6.45) is 8.71. The van der Waals surface area contributed by atoms with E-state index in [9.17, 15) is 0 Å². The number of hydrogen-bond acceptors (Lipinski definition) is 5. The van der Waals surface area contributed by atoms with Crippen LogP contribution in [-0.2, 0) is 0 Å². The second-order valence-corrected chi connectivity index (χ2v) is 5.59. The van der Waals surface area contributed by atoms with E-state index >= 15 is 0 Å². The van der Waals surface area contributed by atoms with Gasteiger partial charge in [-0.05, 0) is 18.9 Å². The smallest absolute Gasteiger partial charge is 0.225 e. The van der Waals surface area contributed by atoms with Gasteiger partial charge >= 0.3 is 0 Å². The van der Waals surface area contributed by atoms with Gasteiger partial charge in [0.15, 0.2) is 0 Å². The van der Waals surface area contributed by atoms with E-state index in [0.29, 0.717) is 12.1 Å². The van der Waals surface area contributed by atoms with E-state index in [2.05, 4.69) is 19.8 Å². The van der Waals surface area contributed by atoms with Crippen LogP contribution in [0.2, 0.25) is 0 Å². The fraction of sp³-hybridized carbons (Fsp3) is 0.714. The van der Waals surface area contributed by atoms with E-state index in [1.807, 2.05) is 18.5 Å². The maximum atomic E-state index is 6.28. The van der Waals surface area contributed by atoms with Crippen LogP contribution in [0.15, 0.2) is 18.5 Å². The molecule has 1 aromatic heterocycles. The first-order chi connectivity index (χ1) is 9.34. The average molecular weight is 261 g/mol. The van der Waals surface area contributed by atoms with Crippen molar-refractivity contribution >= 4 is 5.95 Å². The van der Waals surface area contributed by atoms with E-state index in [4.69, 9.17) is 5.73 Å². The minimum atomic E-state index is 0.369. The molecule has 104 valence electrons. The molecule has 0 radical (unpaired) electrons. The summed E-state index contributed by atoms with van der Waals surface area (Å²) in [5.74, 6) is 0.857. The highest BCUT2D eigenvalue weighted by molar-refractivity contribution is 5.29. The molecule has 0 spiro atoms. The zero-order chi connectivity index (χ0) is 13.1. The van der Waals surface area contributed by atoms with E-state index < -0.39 is 0 Å². The van der Waals surface area contributed by atoms with Crippen molar-refractivity contribution in [1.29, 1.82) is 0 Å². The van der Waals surface area contributed by atoms with Crippen molar-refractivity contribution in [3.8, 4) is 0 Å². The Morgan fingerprint density at radius 2 is 1.68 bits per heavy atom. The molecular formula is C14H23N5. The Morgan fingerprint density at radius 1 is 1.00 bits per heavy atom. The molecule has 0 bridgehead atoms.